The van der Waals surface area contributed by atoms with Crippen LogP contribution in [0.3, 0.4) is 0 Å². The van der Waals surface area contributed by atoms with Crippen LogP contribution in [0.5, 0.6) is 0 Å². The van der Waals surface area contributed by atoms with Crippen molar-refractivity contribution in [2.24, 2.45) is 5.10 Å². The Balaban J connectivity index is 2.34. The summed E-state index contributed by atoms with van der Waals surface area (Å²) < 4.78 is 40.5. The van der Waals surface area contributed by atoms with E-state index >= 15 is 0 Å². The standard InChI is InChI=1S/C20H19N3O9S/c1-11(24)17(18(25)21-13-5-7-14(8-6-13)33(28,29)30)23-22-16-10-12(19(26)31-2)4-9-15(16)20(27)32-3/h4-10,22H,1-3H3,(H,21,25)(H,28,29,30)/b23-17-. The summed E-state index contributed by atoms with van der Waals surface area (Å²) >= 11 is 0. The van der Waals surface area contributed by atoms with E-state index in [1.807, 2.05) is 0 Å². The molecule has 0 aliphatic carbocycles. The molecule has 2 aromatic rings. The summed E-state index contributed by atoms with van der Waals surface area (Å²) in [5, 5.41) is 6.11. The minimum absolute atomic E-state index is 0.0296. The van der Waals surface area contributed by atoms with E-state index in [2.05, 4.69) is 25.3 Å². The first kappa shape index (κ1) is 25.2. The van der Waals surface area contributed by atoms with E-state index < -0.39 is 39.5 Å². The highest BCUT2D eigenvalue weighted by Crippen LogP contribution is 2.20. The zero-order valence-electron chi connectivity index (χ0n) is 17.6. The van der Waals surface area contributed by atoms with Crippen LogP contribution in [0, 0.1) is 0 Å². The summed E-state index contributed by atoms with van der Waals surface area (Å²) in [4.78, 5) is 47.9. The second-order valence-corrected chi connectivity index (χ2v) is 7.75. The maximum Gasteiger partial charge on any atom is 0.340 e. The summed E-state index contributed by atoms with van der Waals surface area (Å²) in [6.07, 6.45) is 0. The van der Waals surface area contributed by atoms with E-state index in [0.29, 0.717) is 0 Å². The first-order valence-electron chi connectivity index (χ1n) is 9.02. The van der Waals surface area contributed by atoms with Gasteiger partial charge >= 0.3 is 11.9 Å². The van der Waals surface area contributed by atoms with E-state index in [-0.39, 0.29) is 27.4 Å². The zero-order valence-corrected chi connectivity index (χ0v) is 18.4. The number of hydrazone groups is 1. The highest BCUT2D eigenvalue weighted by molar-refractivity contribution is 7.85. The van der Waals surface area contributed by atoms with Gasteiger partial charge < -0.3 is 14.8 Å². The fourth-order valence-electron chi connectivity index (χ4n) is 2.48. The topological polar surface area (TPSA) is 178 Å². The van der Waals surface area contributed by atoms with Crippen LogP contribution >= 0.6 is 0 Å². The Bertz CT molecular complexity index is 1240. The van der Waals surface area contributed by atoms with Crippen molar-refractivity contribution in [1.29, 1.82) is 0 Å². The number of benzene rings is 2. The first-order chi connectivity index (χ1) is 15.5. The maximum absolute atomic E-state index is 12.5. The predicted octanol–water partition coefficient (Wildman–Crippen LogP) is 1.50. The molecular formula is C20H19N3O9S. The molecule has 0 fully saturated rings. The van der Waals surface area contributed by atoms with Crippen molar-refractivity contribution < 1.29 is 41.6 Å². The number of hydrogen-bond acceptors (Lipinski definition) is 10. The Morgan fingerprint density at radius 2 is 1.55 bits per heavy atom. The van der Waals surface area contributed by atoms with Crippen molar-refractivity contribution in [2.75, 3.05) is 25.0 Å². The molecule has 0 spiro atoms. The number of Topliss-reactive ketones (excluding diaryl/α,β-unsaturated/α-hetero) is 1. The molecule has 0 unspecified atom stereocenters. The van der Waals surface area contributed by atoms with Gasteiger partial charge in [0, 0.05) is 12.6 Å². The lowest BCUT2D eigenvalue weighted by Crippen LogP contribution is -2.29. The lowest BCUT2D eigenvalue weighted by Gasteiger charge is -2.11. The van der Waals surface area contributed by atoms with Crippen molar-refractivity contribution >= 4 is 50.8 Å². The number of rotatable bonds is 8. The van der Waals surface area contributed by atoms with E-state index in [0.717, 1.165) is 26.2 Å². The second kappa shape index (κ2) is 10.5. The summed E-state index contributed by atoms with van der Waals surface area (Å²) in [6.45, 7) is 1.08. The molecule has 33 heavy (non-hydrogen) atoms. The lowest BCUT2D eigenvalue weighted by atomic mass is 10.1. The van der Waals surface area contributed by atoms with E-state index in [1.54, 1.807) is 0 Å². The third-order valence-electron chi connectivity index (χ3n) is 4.09. The molecule has 2 rings (SSSR count). The Labute approximate surface area is 188 Å². The molecule has 0 saturated heterocycles. The van der Waals surface area contributed by atoms with Crippen LogP contribution in [-0.2, 0) is 29.2 Å². The molecule has 12 nitrogen and oxygen atoms in total. The molecule has 13 heteroatoms. The van der Waals surface area contributed by atoms with Gasteiger partial charge in [-0.2, -0.15) is 13.5 Å². The number of ketones is 1. The lowest BCUT2D eigenvalue weighted by molar-refractivity contribution is -0.114. The van der Waals surface area contributed by atoms with Gasteiger partial charge in [0.15, 0.2) is 11.5 Å². The fraction of sp³-hybridized carbons (Fsp3) is 0.150. The van der Waals surface area contributed by atoms with Gasteiger partial charge in [-0.25, -0.2) is 9.59 Å². The largest absolute Gasteiger partial charge is 0.465 e. The molecule has 0 aromatic heterocycles. The van der Waals surface area contributed by atoms with Crippen LogP contribution < -0.4 is 10.7 Å². The molecule has 0 atom stereocenters. The Morgan fingerprint density at radius 3 is 2.06 bits per heavy atom. The SMILES string of the molecule is COC(=O)c1ccc(C(=O)OC)c(N/N=C(/C(C)=O)C(=O)Nc2ccc(S(=O)(=O)O)cc2)c1. The van der Waals surface area contributed by atoms with Gasteiger partial charge in [-0.05, 0) is 42.5 Å². The predicted molar refractivity (Wildman–Crippen MR) is 116 cm³/mol. The first-order valence-corrected chi connectivity index (χ1v) is 10.5. The number of nitrogens with zero attached hydrogens (tertiary/aromatic N) is 1. The third-order valence-corrected chi connectivity index (χ3v) is 4.96. The smallest absolute Gasteiger partial charge is 0.340 e. The molecule has 0 radical (unpaired) electrons. The third kappa shape index (κ3) is 6.44. The van der Waals surface area contributed by atoms with E-state index in [9.17, 15) is 27.6 Å². The number of amides is 1. The van der Waals surface area contributed by atoms with Crippen molar-refractivity contribution in [1.82, 2.24) is 0 Å². The van der Waals surface area contributed by atoms with Crippen molar-refractivity contribution in [2.45, 2.75) is 11.8 Å². The molecule has 3 N–H and O–H groups in total. The summed E-state index contributed by atoms with van der Waals surface area (Å²) in [6, 6.07) is 8.32. The number of hydrogen-bond donors (Lipinski definition) is 3. The highest BCUT2D eigenvalue weighted by Gasteiger charge is 2.20. The van der Waals surface area contributed by atoms with Gasteiger partial charge in [-0.1, -0.05) is 0 Å². The van der Waals surface area contributed by atoms with Gasteiger partial charge in [0.1, 0.15) is 0 Å². The molecular weight excluding hydrogens is 458 g/mol. The average molecular weight is 477 g/mol. The van der Waals surface area contributed by atoms with Crippen LogP contribution in [-0.4, -0.2) is 56.5 Å². The number of anilines is 2. The van der Waals surface area contributed by atoms with Crippen molar-refractivity contribution in [3.8, 4) is 0 Å². The van der Waals surface area contributed by atoms with Gasteiger partial charge in [0.05, 0.1) is 35.9 Å². The summed E-state index contributed by atoms with van der Waals surface area (Å²) in [5.74, 6) is -3.15. The van der Waals surface area contributed by atoms with Crippen molar-refractivity contribution in [3.05, 3.63) is 53.6 Å². The highest BCUT2D eigenvalue weighted by atomic mass is 32.2. The Hall–Kier alpha value is -4.10. The normalized spacial score (nSPS) is 11.3. The van der Waals surface area contributed by atoms with Crippen LogP contribution in [0.4, 0.5) is 11.4 Å². The maximum atomic E-state index is 12.5. The summed E-state index contributed by atoms with van der Waals surface area (Å²) in [7, 11) is -2.10. The zero-order chi connectivity index (χ0) is 24.8. The van der Waals surface area contributed by atoms with Crippen LogP contribution in [0.1, 0.15) is 27.6 Å². The number of nitrogens with one attached hydrogen (secondary N) is 2. The number of ether oxygens (including phenoxy) is 2. The van der Waals surface area contributed by atoms with E-state index in [4.69, 9.17) is 4.55 Å². The molecule has 0 saturated carbocycles. The quantitative estimate of drug-likeness (QED) is 0.166. The van der Waals surface area contributed by atoms with Gasteiger partial charge in [-0.15, -0.1) is 0 Å². The Morgan fingerprint density at radius 1 is 0.939 bits per heavy atom. The average Bonchev–Trinajstić information content (AvgIpc) is 2.77. The van der Waals surface area contributed by atoms with Crippen LogP contribution in [0.15, 0.2) is 52.5 Å². The summed E-state index contributed by atoms with van der Waals surface area (Å²) in [5.41, 5.74) is 1.94. The molecule has 174 valence electrons. The molecule has 2 aromatic carbocycles. The van der Waals surface area contributed by atoms with Crippen LogP contribution in [0.2, 0.25) is 0 Å². The number of carbonyl (C=O) groups excluding carboxylic acids is 4. The van der Waals surface area contributed by atoms with E-state index in [1.165, 1.54) is 37.4 Å². The number of carbonyl (C=O) groups is 4. The van der Waals surface area contributed by atoms with Gasteiger partial charge in [0.25, 0.3) is 16.0 Å². The molecule has 0 heterocycles. The Kier molecular flexibility index (Phi) is 7.99. The van der Waals surface area contributed by atoms with Crippen molar-refractivity contribution in [3.63, 3.8) is 0 Å². The molecule has 1 amide bonds. The minimum atomic E-state index is -4.41. The van der Waals surface area contributed by atoms with Gasteiger partial charge in [0.2, 0.25) is 0 Å². The molecule has 0 aliphatic heterocycles. The molecule has 0 bridgehead atoms. The van der Waals surface area contributed by atoms with Crippen LogP contribution in [0.25, 0.3) is 0 Å². The monoisotopic (exact) mass is 477 g/mol. The second-order valence-electron chi connectivity index (χ2n) is 6.33. The molecule has 0 aliphatic rings. The number of esters is 2. The minimum Gasteiger partial charge on any atom is -0.465 e. The number of methoxy groups -OCH3 is 2. The fourth-order valence-corrected chi connectivity index (χ4v) is 2.96. The van der Waals surface area contributed by atoms with Gasteiger partial charge in [-0.3, -0.25) is 19.6 Å².